The molecule has 1 aromatic heterocycles. The first-order valence-electron chi connectivity index (χ1n) is 7.47. The third kappa shape index (κ3) is 5.11. The number of benzene rings is 1. The van der Waals surface area contributed by atoms with Crippen molar-refractivity contribution in [2.45, 2.75) is 26.3 Å². The molecule has 0 aliphatic heterocycles. The summed E-state index contributed by atoms with van der Waals surface area (Å²) in [5, 5.41) is 11.8. The van der Waals surface area contributed by atoms with E-state index in [4.69, 9.17) is 10.00 Å². The number of carbonyl (C=O) groups excluding carboxylic acids is 1. The van der Waals surface area contributed by atoms with E-state index in [0.29, 0.717) is 29.4 Å². The number of aromatic nitrogens is 1. The van der Waals surface area contributed by atoms with Gasteiger partial charge in [0.2, 0.25) is 0 Å². The van der Waals surface area contributed by atoms with Crippen LogP contribution in [0.1, 0.15) is 30.6 Å². The van der Waals surface area contributed by atoms with E-state index in [9.17, 15) is 4.79 Å². The highest BCUT2D eigenvalue weighted by atomic mass is 16.5. The van der Waals surface area contributed by atoms with Crippen LogP contribution in [-0.2, 0) is 0 Å². The maximum atomic E-state index is 12.2. The summed E-state index contributed by atoms with van der Waals surface area (Å²) < 4.78 is 5.62. The van der Waals surface area contributed by atoms with Gasteiger partial charge in [0.05, 0.1) is 12.3 Å². The Morgan fingerprint density at radius 1 is 1.26 bits per heavy atom. The molecule has 1 heterocycles. The van der Waals surface area contributed by atoms with E-state index < -0.39 is 6.04 Å². The van der Waals surface area contributed by atoms with Crippen molar-refractivity contribution in [3.05, 3.63) is 54.4 Å². The van der Waals surface area contributed by atoms with E-state index in [1.54, 1.807) is 48.8 Å². The Morgan fingerprint density at radius 3 is 2.57 bits per heavy atom. The molecular weight excluding hydrogens is 290 g/mol. The van der Waals surface area contributed by atoms with Crippen LogP contribution in [0.15, 0.2) is 48.8 Å². The number of nitriles is 1. The minimum absolute atomic E-state index is 0.259. The Balaban J connectivity index is 1.98. The van der Waals surface area contributed by atoms with Crippen molar-refractivity contribution in [1.29, 1.82) is 5.26 Å². The molecule has 0 fully saturated rings. The number of pyridine rings is 1. The van der Waals surface area contributed by atoms with Gasteiger partial charge >= 0.3 is 0 Å². The lowest BCUT2D eigenvalue weighted by atomic mass is 10.0. The first kappa shape index (κ1) is 16.5. The highest BCUT2D eigenvalue weighted by molar-refractivity contribution is 5.94. The average Bonchev–Trinajstić information content (AvgIpc) is 2.55. The summed E-state index contributed by atoms with van der Waals surface area (Å²) in [7, 11) is 0. The van der Waals surface area contributed by atoms with Gasteiger partial charge in [-0.2, -0.15) is 5.26 Å². The zero-order chi connectivity index (χ0) is 16.7. The molecule has 1 amide bonds. The van der Waals surface area contributed by atoms with Gasteiger partial charge in [0.25, 0.3) is 5.91 Å². The number of ether oxygens (including phenoxy) is 1. The predicted molar refractivity (Wildman–Crippen MR) is 87.1 cm³/mol. The molecule has 118 valence electrons. The van der Waals surface area contributed by atoms with Gasteiger partial charge in [0, 0.05) is 11.8 Å². The van der Waals surface area contributed by atoms with Crippen molar-refractivity contribution >= 4 is 5.91 Å². The van der Waals surface area contributed by atoms with E-state index >= 15 is 0 Å². The minimum atomic E-state index is -0.478. The maximum Gasteiger partial charge on any atom is 0.252 e. The van der Waals surface area contributed by atoms with Crippen molar-refractivity contribution in [3.63, 3.8) is 0 Å². The molecule has 0 saturated carbocycles. The molecule has 1 unspecified atom stereocenters. The second-order valence-electron chi connectivity index (χ2n) is 5.60. The molecule has 1 N–H and O–H groups in total. The number of nitrogens with one attached hydrogen (secondary N) is 1. The van der Waals surface area contributed by atoms with Gasteiger partial charge < -0.3 is 10.1 Å². The first-order valence-corrected chi connectivity index (χ1v) is 7.47. The van der Waals surface area contributed by atoms with Crippen molar-refractivity contribution < 1.29 is 9.53 Å². The molecule has 2 rings (SSSR count). The summed E-state index contributed by atoms with van der Waals surface area (Å²) in [5.41, 5.74) is 0.493. The molecule has 23 heavy (non-hydrogen) atoms. The van der Waals surface area contributed by atoms with Crippen LogP contribution in [0.5, 0.6) is 11.5 Å². The standard InChI is InChI=1S/C18H19N3O2/c1-13(2)10-15(11-19)21-18(22)14-5-7-16(8-6-14)23-17-4-3-9-20-12-17/h3-9,12-13,15H,10H2,1-2H3,(H,21,22). The predicted octanol–water partition coefficient (Wildman–Crippen LogP) is 3.54. The van der Waals surface area contributed by atoms with Crippen LogP contribution in [0.25, 0.3) is 0 Å². The fraction of sp³-hybridized carbons (Fsp3) is 0.278. The van der Waals surface area contributed by atoms with Crippen molar-refractivity contribution in [2.75, 3.05) is 0 Å². The highest BCUT2D eigenvalue weighted by Crippen LogP contribution is 2.20. The lowest BCUT2D eigenvalue weighted by Crippen LogP contribution is -2.34. The van der Waals surface area contributed by atoms with E-state index in [2.05, 4.69) is 16.4 Å². The molecule has 5 heteroatoms. The van der Waals surface area contributed by atoms with Crippen LogP contribution in [0.2, 0.25) is 0 Å². The van der Waals surface area contributed by atoms with Crippen LogP contribution >= 0.6 is 0 Å². The molecule has 0 aliphatic carbocycles. The summed E-state index contributed by atoms with van der Waals surface area (Å²) in [6, 6.07) is 12.0. The molecule has 0 saturated heterocycles. The molecule has 0 aliphatic rings. The van der Waals surface area contributed by atoms with Gasteiger partial charge in [-0.3, -0.25) is 9.78 Å². The number of carbonyl (C=O) groups is 1. The molecule has 1 aromatic carbocycles. The Morgan fingerprint density at radius 2 is 2.00 bits per heavy atom. The van der Waals surface area contributed by atoms with Crippen molar-refractivity contribution in [3.8, 4) is 17.6 Å². The molecule has 5 nitrogen and oxygen atoms in total. The molecule has 0 spiro atoms. The molecule has 0 bridgehead atoms. The largest absolute Gasteiger partial charge is 0.456 e. The van der Waals surface area contributed by atoms with Crippen LogP contribution in [-0.4, -0.2) is 16.9 Å². The quantitative estimate of drug-likeness (QED) is 0.885. The Bertz CT molecular complexity index is 676. The van der Waals surface area contributed by atoms with Gasteiger partial charge in [-0.15, -0.1) is 0 Å². The molecule has 0 radical (unpaired) electrons. The van der Waals surface area contributed by atoms with E-state index in [1.807, 2.05) is 13.8 Å². The number of amides is 1. The minimum Gasteiger partial charge on any atom is -0.456 e. The lowest BCUT2D eigenvalue weighted by molar-refractivity contribution is 0.0942. The Labute approximate surface area is 135 Å². The van der Waals surface area contributed by atoms with E-state index in [1.165, 1.54) is 0 Å². The zero-order valence-electron chi connectivity index (χ0n) is 13.2. The third-order valence-electron chi connectivity index (χ3n) is 3.15. The average molecular weight is 309 g/mol. The molecular formula is C18H19N3O2. The Kier molecular flexibility index (Phi) is 5.70. The number of hydrogen-bond donors (Lipinski definition) is 1. The fourth-order valence-corrected chi connectivity index (χ4v) is 2.07. The smallest absolute Gasteiger partial charge is 0.252 e. The van der Waals surface area contributed by atoms with Crippen LogP contribution in [0, 0.1) is 17.2 Å². The van der Waals surface area contributed by atoms with E-state index in [-0.39, 0.29) is 5.91 Å². The van der Waals surface area contributed by atoms with Gasteiger partial charge in [0.15, 0.2) is 0 Å². The molecule has 1 atom stereocenters. The van der Waals surface area contributed by atoms with E-state index in [0.717, 1.165) is 0 Å². The van der Waals surface area contributed by atoms with Gasteiger partial charge in [-0.25, -0.2) is 0 Å². The summed E-state index contributed by atoms with van der Waals surface area (Å²) in [6.45, 7) is 4.03. The lowest BCUT2D eigenvalue weighted by Gasteiger charge is -2.13. The summed E-state index contributed by atoms with van der Waals surface area (Å²) in [6.07, 6.45) is 3.91. The first-order chi connectivity index (χ1) is 11.1. The number of nitrogens with zero attached hydrogens (tertiary/aromatic N) is 2. The monoisotopic (exact) mass is 309 g/mol. The van der Waals surface area contributed by atoms with Crippen LogP contribution in [0.4, 0.5) is 0 Å². The summed E-state index contributed by atoms with van der Waals surface area (Å²) in [4.78, 5) is 16.1. The SMILES string of the molecule is CC(C)CC(C#N)NC(=O)c1ccc(Oc2cccnc2)cc1. The zero-order valence-corrected chi connectivity index (χ0v) is 13.2. The van der Waals surface area contributed by atoms with Crippen molar-refractivity contribution in [1.82, 2.24) is 10.3 Å². The van der Waals surface area contributed by atoms with Crippen LogP contribution in [0.3, 0.4) is 0 Å². The Hall–Kier alpha value is -2.87. The van der Waals surface area contributed by atoms with Crippen molar-refractivity contribution in [2.24, 2.45) is 5.92 Å². The maximum absolute atomic E-state index is 12.2. The topological polar surface area (TPSA) is 75.0 Å². The summed E-state index contributed by atoms with van der Waals surface area (Å²) in [5.74, 6) is 1.33. The van der Waals surface area contributed by atoms with Gasteiger partial charge in [0.1, 0.15) is 17.5 Å². The number of rotatable bonds is 6. The highest BCUT2D eigenvalue weighted by Gasteiger charge is 2.14. The fourth-order valence-electron chi connectivity index (χ4n) is 2.07. The normalized spacial score (nSPS) is 11.6. The third-order valence-corrected chi connectivity index (χ3v) is 3.15. The van der Waals surface area contributed by atoms with Crippen LogP contribution < -0.4 is 10.1 Å². The second kappa shape index (κ2) is 7.95. The second-order valence-corrected chi connectivity index (χ2v) is 5.60. The number of hydrogen-bond acceptors (Lipinski definition) is 4. The summed E-state index contributed by atoms with van der Waals surface area (Å²) >= 11 is 0. The van der Waals surface area contributed by atoms with Gasteiger partial charge in [-0.05, 0) is 48.7 Å². The molecule has 2 aromatic rings. The van der Waals surface area contributed by atoms with Gasteiger partial charge in [-0.1, -0.05) is 13.8 Å².